The van der Waals surface area contributed by atoms with Crippen LogP contribution in [0.4, 0.5) is 0 Å². The number of hydrogen-bond donors (Lipinski definition) is 1. The minimum absolute atomic E-state index is 0.110. The highest BCUT2D eigenvalue weighted by atomic mass is 16.2. The first-order valence-electron chi connectivity index (χ1n) is 11.9. The van der Waals surface area contributed by atoms with Crippen LogP contribution in [-0.2, 0) is 22.4 Å². The van der Waals surface area contributed by atoms with Crippen LogP contribution < -0.4 is 5.32 Å². The van der Waals surface area contributed by atoms with Crippen LogP contribution in [0.3, 0.4) is 0 Å². The summed E-state index contributed by atoms with van der Waals surface area (Å²) in [6.07, 6.45) is 0.979. The van der Waals surface area contributed by atoms with Gasteiger partial charge < -0.3 is 10.2 Å². The molecular formula is C29H36N4O2. The largest absolute Gasteiger partial charge is 0.332 e. The van der Waals surface area contributed by atoms with E-state index >= 15 is 0 Å². The highest BCUT2D eigenvalue weighted by Crippen LogP contribution is 2.20. The van der Waals surface area contributed by atoms with E-state index in [0.29, 0.717) is 12.8 Å². The molecule has 0 aliphatic rings. The maximum atomic E-state index is 13.6. The predicted molar refractivity (Wildman–Crippen MR) is 142 cm³/mol. The topological polar surface area (TPSA) is 55.9 Å². The van der Waals surface area contributed by atoms with Crippen molar-refractivity contribution >= 4 is 11.8 Å². The fraction of sp³-hybridized carbons (Fsp3) is 0.310. The Morgan fingerprint density at radius 3 is 1.74 bits per heavy atom. The summed E-state index contributed by atoms with van der Waals surface area (Å²) in [5, 5.41) is 6.44. The van der Waals surface area contributed by atoms with Gasteiger partial charge in [-0.3, -0.25) is 14.6 Å². The van der Waals surface area contributed by atoms with Crippen LogP contribution in [0.5, 0.6) is 0 Å². The molecule has 0 aliphatic heterocycles. The first kappa shape index (κ1) is 26.1. The van der Waals surface area contributed by atoms with Crippen molar-refractivity contribution in [3.8, 4) is 11.1 Å². The molecule has 3 rings (SSSR count). The Bertz CT molecular complexity index is 1080. The predicted octanol–water partition coefficient (Wildman–Crippen LogP) is 3.49. The van der Waals surface area contributed by atoms with E-state index in [1.165, 1.54) is 0 Å². The van der Waals surface area contributed by atoms with Crippen molar-refractivity contribution in [3.63, 3.8) is 0 Å². The maximum Gasteiger partial charge on any atom is 0.259 e. The van der Waals surface area contributed by atoms with Crippen molar-refractivity contribution in [2.24, 2.45) is 0 Å². The zero-order chi connectivity index (χ0) is 25.4. The third-order valence-electron chi connectivity index (χ3n) is 6.44. The average Bonchev–Trinajstić information content (AvgIpc) is 2.90. The molecule has 6 heteroatoms. The second-order valence-electron chi connectivity index (χ2n) is 8.97. The quantitative estimate of drug-likeness (QED) is 0.459. The first-order valence-corrected chi connectivity index (χ1v) is 11.9. The Hall–Kier alpha value is -3.48. The Morgan fingerprint density at radius 2 is 1.20 bits per heavy atom. The van der Waals surface area contributed by atoms with E-state index in [0.717, 1.165) is 22.3 Å². The van der Waals surface area contributed by atoms with Gasteiger partial charge in [0.1, 0.15) is 6.04 Å². The van der Waals surface area contributed by atoms with E-state index < -0.39 is 12.1 Å². The molecule has 0 saturated heterocycles. The molecule has 2 amide bonds. The van der Waals surface area contributed by atoms with Crippen molar-refractivity contribution in [2.45, 2.75) is 24.9 Å². The van der Waals surface area contributed by atoms with Gasteiger partial charge >= 0.3 is 0 Å². The van der Waals surface area contributed by atoms with Crippen LogP contribution in [0.2, 0.25) is 0 Å². The zero-order valence-electron chi connectivity index (χ0n) is 21.3. The molecule has 3 aromatic rings. The summed E-state index contributed by atoms with van der Waals surface area (Å²) in [4.78, 5) is 28.5. The second kappa shape index (κ2) is 12.3. The van der Waals surface area contributed by atoms with Gasteiger partial charge in [0.25, 0.3) is 5.91 Å². The Kier molecular flexibility index (Phi) is 9.18. The van der Waals surface area contributed by atoms with Gasteiger partial charge in [0.2, 0.25) is 5.91 Å². The fourth-order valence-electron chi connectivity index (χ4n) is 4.05. The van der Waals surface area contributed by atoms with Crippen LogP contribution >= 0.6 is 0 Å². The van der Waals surface area contributed by atoms with Crippen molar-refractivity contribution in [1.29, 1.82) is 0 Å². The van der Waals surface area contributed by atoms with E-state index in [1.54, 1.807) is 36.1 Å². The van der Waals surface area contributed by atoms with Crippen LogP contribution in [0.25, 0.3) is 11.1 Å². The molecule has 1 N–H and O–H groups in total. The maximum absolute atomic E-state index is 13.6. The third-order valence-corrected chi connectivity index (χ3v) is 6.44. The molecule has 0 radical (unpaired) electrons. The van der Waals surface area contributed by atoms with Crippen LogP contribution in [-0.4, -0.2) is 74.1 Å². The van der Waals surface area contributed by atoms with Gasteiger partial charge in [-0.2, -0.15) is 0 Å². The molecule has 0 saturated carbocycles. The summed E-state index contributed by atoms with van der Waals surface area (Å²) in [7, 11) is 8.86. The number of nitrogens with zero attached hydrogens (tertiary/aromatic N) is 3. The summed E-state index contributed by atoms with van der Waals surface area (Å²) >= 11 is 0. The summed E-state index contributed by atoms with van der Waals surface area (Å²) in [6.45, 7) is 0. The Labute approximate surface area is 209 Å². The van der Waals surface area contributed by atoms with Crippen LogP contribution in [0.15, 0.2) is 84.9 Å². The number of nitrogens with one attached hydrogen (secondary N) is 1. The van der Waals surface area contributed by atoms with Crippen molar-refractivity contribution in [2.75, 3.05) is 35.2 Å². The molecule has 35 heavy (non-hydrogen) atoms. The molecule has 0 bridgehead atoms. The Balaban J connectivity index is 1.77. The SMILES string of the molecule is CN[C@H](Cc1ccc(-c2ccccc2)cc1)C(=O)N(C)[C@H](Cc1ccccc1)C(=O)N(C)N(C)C. The smallest absolute Gasteiger partial charge is 0.259 e. The minimum Gasteiger partial charge on any atom is -0.332 e. The van der Waals surface area contributed by atoms with E-state index in [4.69, 9.17) is 0 Å². The summed E-state index contributed by atoms with van der Waals surface area (Å²) in [6, 6.07) is 27.3. The van der Waals surface area contributed by atoms with Gasteiger partial charge in [0.15, 0.2) is 0 Å². The van der Waals surface area contributed by atoms with Gasteiger partial charge in [0, 0.05) is 34.6 Å². The number of hydrazine groups is 1. The van der Waals surface area contributed by atoms with Crippen molar-refractivity contribution in [1.82, 2.24) is 20.2 Å². The van der Waals surface area contributed by atoms with Gasteiger partial charge in [-0.1, -0.05) is 84.9 Å². The molecular weight excluding hydrogens is 436 g/mol. The monoisotopic (exact) mass is 472 g/mol. The Morgan fingerprint density at radius 1 is 0.686 bits per heavy atom. The number of rotatable bonds is 10. The summed E-state index contributed by atoms with van der Waals surface area (Å²) in [5.74, 6) is -0.238. The van der Waals surface area contributed by atoms with Gasteiger partial charge in [-0.05, 0) is 35.7 Å². The molecule has 0 heterocycles. The van der Waals surface area contributed by atoms with Gasteiger partial charge in [0.05, 0.1) is 6.04 Å². The minimum atomic E-state index is -0.617. The fourth-order valence-corrected chi connectivity index (χ4v) is 4.05. The highest BCUT2D eigenvalue weighted by Gasteiger charge is 2.33. The van der Waals surface area contributed by atoms with Crippen LogP contribution in [0, 0.1) is 0 Å². The van der Waals surface area contributed by atoms with Gasteiger partial charge in [-0.25, -0.2) is 5.01 Å². The van der Waals surface area contributed by atoms with Crippen LogP contribution in [0.1, 0.15) is 11.1 Å². The normalized spacial score (nSPS) is 12.7. The number of likely N-dealkylation sites (N-methyl/N-ethyl adjacent to an activating group) is 3. The van der Waals surface area contributed by atoms with Gasteiger partial charge in [-0.15, -0.1) is 0 Å². The number of benzene rings is 3. The number of carbonyl (C=O) groups is 2. The van der Waals surface area contributed by atoms with Crippen molar-refractivity contribution < 1.29 is 9.59 Å². The molecule has 0 unspecified atom stereocenters. The van der Waals surface area contributed by atoms with E-state index in [9.17, 15) is 9.59 Å². The lowest BCUT2D eigenvalue weighted by Gasteiger charge is -2.35. The molecule has 3 aromatic carbocycles. The first-order chi connectivity index (χ1) is 16.8. The molecule has 2 atom stereocenters. The highest BCUT2D eigenvalue weighted by molar-refractivity contribution is 5.89. The second-order valence-corrected chi connectivity index (χ2v) is 8.97. The van der Waals surface area contributed by atoms with E-state index in [2.05, 4.69) is 41.7 Å². The summed E-state index contributed by atoms with van der Waals surface area (Å²) < 4.78 is 0. The molecule has 6 nitrogen and oxygen atoms in total. The van der Waals surface area contributed by atoms with E-state index in [-0.39, 0.29) is 11.8 Å². The number of hydrogen-bond acceptors (Lipinski definition) is 4. The standard InChI is InChI=1S/C29H36N4O2/c1-30-26(20-23-16-18-25(19-17-23)24-14-10-7-11-15-24)28(34)32(4)27(29(35)33(5)31(2)3)21-22-12-8-6-9-13-22/h6-19,26-27,30H,20-21H2,1-5H3/t26-,27-/m1/s1. The average molecular weight is 473 g/mol. The molecule has 0 fully saturated rings. The lowest BCUT2D eigenvalue weighted by molar-refractivity contribution is -0.152. The molecule has 0 spiro atoms. The molecule has 0 aromatic heterocycles. The summed E-state index contributed by atoms with van der Waals surface area (Å²) in [5.41, 5.74) is 4.36. The molecule has 0 aliphatic carbocycles. The lowest BCUT2D eigenvalue weighted by Crippen LogP contribution is -2.56. The van der Waals surface area contributed by atoms with Crippen molar-refractivity contribution in [3.05, 3.63) is 96.1 Å². The number of amides is 2. The zero-order valence-corrected chi connectivity index (χ0v) is 21.3. The lowest BCUT2D eigenvalue weighted by atomic mass is 9.99. The third kappa shape index (κ3) is 6.78. The molecule has 184 valence electrons. The number of carbonyl (C=O) groups excluding carboxylic acids is 2. The van der Waals surface area contributed by atoms with E-state index in [1.807, 2.05) is 62.6 Å².